The van der Waals surface area contributed by atoms with Crippen molar-refractivity contribution in [3.63, 3.8) is 0 Å². The summed E-state index contributed by atoms with van der Waals surface area (Å²) in [5, 5.41) is 13.8. The Hall–Kier alpha value is -1.78. The number of nitrogens with two attached hydrogens (primary N) is 2. The molecule has 0 aliphatic carbocycles. The van der Waals surface area contributed by atoms with E-state index in [1.807, 2.05) is 13.0 Å². The molecule has 6 nitrogen and oxygen atoms in total. The molecule has 1 rings (SSSR count). The second-order valence-corrected chi connectivity index (χ2v) is 5.29. The van der Waals surface area contributed by atoms with E-state index in [1.165, 1.54) is 6.07 Å². The van der Waals surface area contributed by atoms with Crippen molar-refractivity contribution in [1.29, 1.82) is 5.26 Å². The molecule has 0 amide bonds. The van der Waals surface area contributed by atoms with E-state index in [9.17, 15) is 8.42 Å². The van der Waals surface area contributed by atoms with Crippen LogP contribution >= 0.6 is 0 Å². The normalized spacial score (nSPS) is 10.9. The first-order chi connectivity index (χ1) is 8.40. The summed E-state index contributed by atoms with van der Waals surface area (Å²) in [6.45, 7) is 2.90. The van der Waals surface area contributed by atoms with Crippen molar-refractivity contribution in [3.8, 4) is 6.07 Å². The molecule has 18 heavy (non-hydrogen) atoms. The van der Waals surface area contributed by atoms with Crippen LogP contribution < -0.4 is 15.8 Å². The van der Waals surface area contributed by atoms with E-state index in [4.69, 9.17) is 16.1 Å². The van der Waals surface area contributed by atoms with E-state index >= 15 is 0 Å². The van der Waals surface area contributed by atoms with Crippen molar-refractivity contribution in [2.24, 2.45) is 5.14 Å². The number of benzene rings is 1. The molecule has 98 valence electrons. The smallest absolute Gasteiger partial charge is 0.240 e. The maximum Gasteiger partial charge on any atom is 0.240 e. The van der Waals surface area contributed by atoms with Gasteiger partial charge in [-0.3, -0.25) is 0 Å². The zero-order valence-corrected chi connectivity index (χ0v) is 10.9. The molecule has 0 heterocycles. The van der Waals surface area contributed by atoms with Gasteiger partial charge in [-0.15, -0.1) is 0 Å². The Morgan fingerprint density at radius 2 is 2.11 bits per heavy atom. The SMILES string of the molecule is CCN(CCC#N)c1ccc(N)cc1S(N)(=O)=O. The van der Waals surface area contributed by atoms with Crippen molar-refractivity contribution >= 4 is 21.4 Å². The lowest BCUT2D eigenvalue weighted by Gasteiger charge is -2.24. The van der Waals surface area contributed by atoms with Crippen LogP contribution in [-0.2, 0) is 10.0 Å². The Labute approximate surface area is 107 Å². The lowest BCUT2D eigenvalue weighted by atomic mass is 10.2. The van der Waals surface area contributed by atoms with Crippen LogP contribution in [0.3, 0.4) is 0 Å². The number of primary sulfonamides is 1. The van der Waals surface area contributed by atoms with E-state index in [-0.39, 0.29) is 4.90 Å². The largest absolute Gasteiger partial charge is 0.399 e. The molecule has 0 aliphatic heterocycles. The van der Waals surface area contributed by atoms with E-state index in [1.54, 1.807) is 17.0 Å². The van der Waals surface area contributed by atoms with Gasteiger partial charge in [-0.1, -0.05) is 0 Å². The van der Waals surface area contributed by atoms with Gasteiger partial charge in [0.05, 0.1) is 18.2 Å². The van der Waals surface area contributed by atoms with Gasteiger partial charge in [0.15, 0.2) is 0 Å². The van der Waals surface area contributed by atoms with Crippen LogP contribution in [0, 0.1) is 11.3 Å². The van der Waals surface area contributed by atoms with Gasteiger partial charge < -0.3 is 10.6 Å². The summed E-state index contributed by atoms with van der Waals surface area (Å²) in [7, 11) is -3.84. The Balaban J connectivity index is 3.26. The minimum Gasteiger partial charge on any atom is -0.399 e. The summed E-state index contributed by atoms with van der Waals surface area (Å²) >= 11 is 0. The number of rotatable bonds is 5. The molecule has 0 spiro atoms. The number of hydrogen-bond donors (Lipinski definition) is 2. The fourth-order valence-corrected chi connectivity index (χ4v) is 2.44. The molecule has 0 saturated heterocycles. The predicted molar refractivity (Wildman–Crippen MR) is 70.3 cm³/mol. The van der Waals surface area contributed by atoms with E-state index in [2.05, 4.69) is 0 Å². The Bertz CT molecular complexity index is 563. The second kappa shape index (κ2) is 5.71. The highest BCUT2D eigenvalue weighted by atomic mass is 32.2. The van der Waals surface area contributed by atoms with E-state index < -0.39 is 10.0 Å². The van der Waals surface area contributed by atoms with Crippen molar-refractivity contribution in [1.82, 2.24) is 0 Å². The standard InChI is InChI=1S/C11H16N4O2S/c1-2-15(7-3-6-12)10-5-4-9(13)8-11(10)18(14,16)17/h4-5,8H,2-3,7,13H2,1H3,(H2,14,16,17). The van der Waals surface area contributed by atoms with Crippen LogP contribution in [0.1, 0.15) is 13.3 Å². The maximum absolute atomic E-state index is 11.5. The molecule has 4 N–H and O–H groups in total. The van der Waals surface area contributed by atoms with Gasteiger partial charge in [-0.2, -0.15) is 5.26 Å². The first-order valence-corrected chi connectivity index (χ1v) is 6.99. The van der Waals surface area contributed by atoms with Crippen molar-refractivity contribution in [2.45, 2.75) is 18.2 Å². The molecule has 0 fully saturated rings. The van der Waals surface area contributed by atoms with Gasteiger partial charge in [0, 0.05) is 18.8 Å². The molecule has 0 bridgehead atoms. The van der Waals surface area contributed by atoms with E-state index in [0.29, 0.717) is 30.9 Å². The monoisotopic (exact) mass is 268 g/mol. The highest BCUT2D eigenvalue weighted by Gasteiger charge is 2.18. The zero-order chi connectivity index (χ0) is 13.8. The minimum atomic E-state index is -3.84. The lowest BCUT2D eigenvalue weighted by Crippen LogP contribution is -2.27. The first-order valence-electron chi connectivity index (χ1n) is 5.44. The average molecular weight is 268 g/mol. The summed E-state index contributed by atoms with van der Waals surface area (Å²) < 4.78 is 23.1. The molecule has 1 aromatic carbocycles. The highest BCUT2D eigenvalue weighted by Crippen LogP contribution is 2.26. The molecule has 0 aromatic heterocycles. The quantitative estimate of drug-likeness (QED) is 0.761. The minimum absolute atomic E-state index is 0.0118. The van der Waals surface area contributed by atoms with Crippen molar-refractivity contribution in [3.05, 3.63) is 18.2 Å². The van der Waals surface area contributed by atoms with Crippen LogP contribution in [-0.4, -0.2) is 21.5 Å². The topological polar surface area (TPSA) is 113 Å². The van der Waals surface area contributed by atoms with E-state index in [0.717, 1.165) is 0 Å². The summed E-state index contributed by atoms with van der Waals surface area (Å²) in [5.74, 6) is 0. The third kappa shape index (κ3) is 3.35. The Morgan fingerprint density at radius 3 is 2.61 bits per heavy atom. The van der Waals surface area contributed by atoms with Crippen LogP contribution in [0.5, 0.6) is 0 Å². The maximum atomic E-state index is 11.5. The predicted octanol–water partition coefficient (Wildman–Crippen LogP) is 0.656. The third-order valence-electron chi connectivity index (χ3n) is 2.51. The van der Waals surface area contributed by atoms with Gasteiger partial charge >= 0.3 is 0 Å². The molecular weight excluding hydrogens is 252 g/mol. The van der Waals surface area contributed by atoms with Crippen LogP contribution in [0.2, 0.25) is 0 Å². The Morgan fingerprint density at radius 1 is 1.44 bits per heavy atom. The fraction of sp³-hybridized carbons (Fsp3) is 0.364. The zero-order valence-electron chi connectivity index (χ0n) is 10.1. The molecule has 0 saturated carbocycles. The first kappa shape index (κ1) is 14.3. The van der Waals surface area contributed by atoms with Crippen molar-refractivity contribution < 1.29 is 8.42 Å². The van der Waals surface area contributed by atoms with Crippen LogP contribution in [0.25, 0.3) is 0 Å². The number of sulfonamides is 1. The molecule has 1 aromatic rings. The number of anilines is 2. The summed E-state index contributed by atoms with van der Waals surface area (Å²) in [6.07, 6.45) is 0.308. The van der Waals surface area contributed by atoms with Gasteiger partial charge in [0.2, 0.25) is 10.0 Å². The number of nitrogen functional groups attached to an aromatic ring is 1. The summed E-state index contributed by atoms with van der Waals surface area (Å²) in [5.41, 5.74) is 6.38. The van der Waals surface area contributed by atoms with Gasteiger partial charge in [0.25, 0.3) is 0 Å². The van der Waals surface area contributed by atoms with Crippen molar-refractivity contribution in [2.75, 3.05) is 23.7 Å². The lowest BCUT2D eigenvalue weighted by molar-refractivity contribution is 0.597. The fourth-order valence-electron chi connectivity index (χ4n) is 1.65. The van der Waals surface area contributed by atoms with Gasteiger partial charge in [-0.25, -0.2) is 13.6 Å². The summed E-state index contributed by atoms with van der Waals surface area (Å²) in [4.78, 5) is 1.77. The second-order valence-electron chi connectivity index (χ2n) is 3.76. The molecular formula is C11H16N4O2S. The Kier molecular flexibility index (Phi) is 4.53. The molecule has 0 radical (unpaired) electrons. The highest BCUT2D eigenvalue weighted by molar-refractivity contribution is 7.89. The molecule has 0 unspecified atom stereocenters. The molecule has 7 heteroatoms. The number of nitrogens with zero attached hydrogens (tertiary/aromatic N) is 2. The van der Waals surface area contributed by atoms with Crippen LogP contribution in [0.4, 0.5) is 11.4 Å². The molecule has 0 atom stereocenters. The van der Waals surface area contributed by atoms with Gasteiger partial charge in [-0.05, 0) is 25.1 Å². The molecule has 0 aliphatic rings. The number of nitriles is 1. The van der Waals surface area contributed by atoms with Crippen LogP contribution in [0.15, 0.2) is 23.1 Å². The van der Waals surface area contributed by atoms with Gasteiger partial charge in [0.1, 0.15) is 4.90 Å². The third-order valence-corrected chi connectivity index (χ3v) is 3.45. The summed E-state index contributed by atoms with van der Waals surface area (Å²) in [6, 6.07) is 6.58. The number of hydrogen-bond acceptors (Lipinski definition) is 5. The average Bonchev–Trinajstić information content (AvgIpc) is 2.30.